The smallest absolute Gasteiger partial charge is 0.352 e. The molecule has 1 aliphatic rings. The Morgan fingerprint density at radius 2 is 2.11 bits per heavy atom. The van der Waals surface area contributed by atoms with Crippen LogP contribution in [0, 0.1) is 0 Å². The second-order valence-corrected chi connectivity index (χ2v) is 7.06. The van der Waals surface area contributed by atoms with Crippen LogP contribution in [0.15, 0.2) is 24.5 Å². The number of hydrogen-bond acceptors (Lipinski definition) is 6. The Balaban J connectivity index is 1.51. The molecule has 0 amide bonds. The van der Waals surface area contributed by atoms with Crippen LogP contribution in [-0.4, -0.2) is 82.1 Å². The van der Waals surface area contributed by atoms with E-state index in [0.29, 0.717) is 5.82 Å². The summed E-state index contributed by atoms with van der Waals surface area (Å²) in [5.74, 6) is -0.268. The van der Waals surface area contributed by atoms with Crippen LogP contribution in [0.4, 0.5) is 5.82 Å². The minimum absolute atomic E-state index is 0.156. The molecule has 1 aliphatic heterocycles. The van der Waals surface area contributed by atoms with Crippen molar-refractivity contribution >= 4 is 33.6 Å². The number of nitrogens with zero attached hydrogens (tertiary/aromatic N) is 4. The molecule has 0 radical (unpaired) electrons. The molecule has 142 valence electrons. The van der Waals surface area contributed by atoms with Crippen molar-refractivity contribution in [2.45, 2.75) is 6.42 Å². The Morgan fingerprint density at radius 1 is 1.30 bits per heavy atom. The van der Waals surface area contributed by atoms with Crippen molar-refractivity contribution < 1.29 is 9.90 Å². The van der Waals surface area contributed by atoms with Gasteiger partial charge >= 0.3 is 5.97 Å². The van der Waals surface area contributed by atoms with Gasteiger partial charge in [-0.1, -0.05) is 0 Å². The summed E-state index contributed by atoms with van der Waals surface area (Å²) >= 11 is 0. The van der Waals surface area contributed by atoms with Gasteiger partial charge in [0.05, 0.1) is 11.0 Å². The molecule has 0 unspecified atom stereocenters. The minimum Gasteiger partial charge on any atom is -0.477 e. The lowest BCUT2D eigenvalue weighted by Gasteiger charge is -2.32. The average Bonchev–Trinajstić information content (AvgIpc) is 3.13. The minimum atomic E-state index is -0.982. The number of H-pyrrole nitrogens is 1. The van der Waals surface area contributed by atoms with Crippen LogP contribution in [0.25, 0.3) is 21.8 Å². The Morgan fingerprint density at radius 3 is 2.89 bits per heavy atom. The summed E-state index contributed by atoms with van der Waals surface area (Å²) in [5, 5.41) is 14.3. The van der Waals surface area contributed by atoms with Crippen molar-refractivity contribution in [3.05, 3.63) is 30.2 Å². The van der Waals surface area contributed by atoms with Gasteiger partial charge in [-0.05, 0) is 32.1 Å². The molecule has 0 saturated carbocycles. The molecule has 3 aromatic rings. The van der Waals surface area contributed by atoms with Crippen LogP contribution in [0.3, 0.4) is 0 Å². The van der Waals surface area contributed by atoms with Gasteiger partial charge in [-0.3, -0.25) is 4.98 Å². The Labute approximate surface area is 157 Å². The zero-order chi connectivity index (χ0) is 18.8. The summed E-state index contributed by atoms with van der Waals surface area (Å²) < 4.78 is 0. The van der Waals surface area contributed by atoms with E-state index in [4.69, 9.17) is 0 Å². The van der Waals surface area contributed by atoms with Crippen molar-refractivity contribution in [3.8, 4) is 0 Å². The molecular formula is C19H24N6O2. The molecule has 4 heterocycles. The maximum absolute atomic E-state index is 11.4. The van der Waals surface area contributed by atoms with Gasteiger partial charge < -0.3 is 25.2 Å². The standard InChI is InChI=1S/C19H24N6O2/c1-24-7-9-25(10-8-24)6-2-4-21-18-13-11-16(19(26)27)22-17(13)14-12-20-5-3-15(14)23-18/h3,5,11-12,22H,2,4,6-10H2,1H3,(H,21,23)(H,26,27). The van der Waals surface area contributed by atoms with Gasteiger partial charge in [0.1, 0.15) is 11.5 Å². The summed E-state index contributed by atoms with van der Waals surface area (Å²) in [7, 11) is 2.16. The highest BCUT2D eigenvalue weighted by molar-refractivity contribution is 6.10. The maximum atomic E-state index is 11.4. The van der Waals surface area contributed by atoms with E-state index >= 15 is 0 Å². The number of piperazine rings is 1. The number of carboxylic acids is 1. The number of likely N-dealkylation sites (N-methyl/N-ethyl adjacent to an activating group) is 1. The van der Waals surface area contributed by atoms with Crippen LogP contribution >= 0.6 is 0 Å². The Hall–Kier alpha value is -2.71. The SMILES string of the molecule is CN1CCN(CCCNc2nc3ccncc3c3[nH]c(C(=O)O)cc23)CC1. The molecule has 8 heteroatoms. The molecule has 0 aliphatic carbocycles. The zero-order valence-corrected chi connectivity index (χ0v) is 15.4. The third-order valence-corrected chi connectivity index (χ3v) is 5.14. The fourth-order valence-corrected chi connectivity index (χ4v) is 3.54. The number of fused-ring (bicyclic) bond motifs is 3. The molecule has 0 spiro atoms. The van der Waals surface area contributed by atoms with Crippen molar-refractivity contribution in [1.82, 2.24) is 24.8 Å². The van der Waals surface area contributed by atoms with Gasteiger partial charge in [0.15, 0.2) is 0 Å². The van der Waals surface area contributed by atoms with E-state index in [1.54, 1.807) is 18.5 Å². The number of aromatic amines is 1. The summed E-state index contributed by atoms with van der Waals surface area (Å²) in [6.45, 7) is 6.31. The van der Waals surface area contributed by atoms with Crippen molar-refractivity contribution in [3.63, 3.8) is 0 Å². The molecule has 3 N–H and O–H groups in total. The van der Waals surface area contributed by atoms with Crippen LogP contribution in [0.2, 0.25) is 0 Å². The Kier molecular flexibility index (Phi) is 4.91. The lowest BCUT2D eigenvalue weighted by atomic mass is 10.2. The summed E-state index contributed by atoms with van der Waals surface area (Å²) in [4.78, 5) is 28.0. The lowest BCUT2D eigenvalue weighted by Crippen LogP contribution is -2.44. The second-order valence-electron chi connectivity index (χ2n) is 7.06. The van der Waals surface area contributed by atoms with Crippen LogP contribution < -0.4 is 5.32 Å². The number of nitrogens with one attached hydrogen (secondary N) is 2. The highest BCUT2D eigenvalue weighted by Crippen LogP contribution is 2.29. The maximum Gasteiger partial charge on any atom is 0.352 e. The normalized spacial score (nSPS) is 16.2. The third kappa shape index (κ3) is 3.72. The first kappa shape index (κ1) is 17.7. The first-order valence-electron chi connectivity index (χ1n) is 9.26. The first-order valence-corrected chi connectivity index (χ1v) is 9.26. The fraction of sp³-hybridized carbons (Fsp3) is 0.421. The summed E-state index contributed by atoms with van der Waals surface area (Å²) in [6.07, 6.45) is 4.42. The average molecular weight is 368 g/mol. The highest BCUT2D eigenvalue weighted by Gasteiger charge is 2.16. The van der Waals surface area contributed by atoms with Crippen molar-refractivity contribution in [2.75, 3.05) is 51.6 Å². The van der Waals surface area contributed by atoms with Crippen LogP contribution in [-0.2, 0) is 0 Å². The van der Waals surface area contributed by atoms with E-state index in [1.807, 2.05) is 6.07 Å². The molecule has 4 rings (SSSR count). The largest absolute Gasteiger partial charge is 0.477 e. The van der Waals surface area contributed by atoms with Gasteiger partial charge in [-0.15, -0.1) is 0 Å². The van der Waals surface area contributed by atoms with Crippen molar-refractivity contribution in [2.24, 2.45) is 0 Å². The van der Waals surface area contributed by atoms with Gasteiger partial charge in [0, 0.05) is 55.9 Å². The van der Waals surface area contributed by atoms with Gasteiger partial charge in [-0.2, -0.15) is 0 Å². The molecular weight excluding hydrogens is 344 g/mol. The van der Waals surface area contributed by atoms with E-state index in [0.717, 1.165) is 67.5 Å². The molecule has 0 atom stereocenters. The molecule has 8 nitrogen and oxygen atoms in total. The second kappa shape index (κ2) is 7.50. The molecule has 1 saturated heterocycles. The number of pyridine rings is 2. The zero-order valence-electron chi connectivity index (χ0n) is 15.4. The Bertz CT molecular complexity index is 961. The summed E-state index contributed by atoms with van der Waals surface area (Å²) in [6, 6.07) is 3.48. The quantitative estimate of drug-likeness (QED) is 0.571. The molecule has 0 aromatic carbocycles. The lowest BCUT2D eigenvalue weighted by molar-refractivity contribution is 0.0691. The molecule has 3 aromatic heterocycles. The monoisotopic (exact) mass is 368 g/mol. The van der Waals surface area contributed by atoms with E-state index in [9.17, 15) is 9.90 Å². The predicted molar refractivity (Wildman–Crippen MR) is 105 cm³/mol. The predicted octanol–water partition coefficient (Wildman–Crippen LogP) is 1.86. The van der Waals surface area contributed by atoms with Crippen LogP contribution in [0.5, 0.6) is 0 Å². The highest BCUT2D eigenvalue weighted by atomic mass is 16.4. The molecule has 27 heavy (non-hydrogen) atoms. The van der Waals surface area contributed by atoms with Crippen molar-refractivity contribution in [1.29, 1.82) is 0 Å². The van der Waals surface area contributed by atoms with Crippen LogP contribution in [0.1, 0.15) is 16.9 Å². The number of hydrogen-bond donors (Lipinski definition) is 3. The third-order valence-electron chi connectivity index (χ3n) is 5.14. The number of rotatable bonds is 6. The fourth-order valence-electron chi connectivity index (χ4n) is 3.54. The number of aromatic nitrogens is 3. The van der Waals surface area contributed by atoms with E-state index in [2.05, 4.69) is 37.1 Å². The number of carboxylic acid groups (broad SMARTS) is 1. The summed E-state index contributed by atoms with van der Waals surface area (Å²) in [5.41, 5.74) is 1.70. The number of carbonyl (C=O) groups is 1. The first-order chi connectivity index (χ1) is 13.1. The topological polar surface area (TPSA) is 97.4 Å². The molecule has 1 fully saturated rings. The molecule has 0 bridgehead atoms. The van der Waals surface area contributed by atoms with Gasteiger partial charge in [-0.25, -0.2) is 9.78 Å². The van der Waals surface area contributed by atoms with E-state index in [-0.39, 0.29) is 5.69 Å². The number of anilines is 1. The van der Waals surface area contributed by atoms with Gasteiger partial charge in [0.2, 0.25) is 0 Å². The van der Waals surface area contributed by atoms with Gasteiger partial charge in [0.25, 0.3) is 0 Å². The number of aromatic carboxylic acids is 1. The van der Waals surface area contributed by atoms with E-state index < -0.39 is 5.97 Å². The van der Waals surface area contributed by atoms with E-state index in [1.165, 1.54) is 0 Å².